The third-order valence-corrected chi connectivity index (χ3v) is 9.99. The number of halogens is 3. The number of unbranched alkanes of at least 4 members (excludes halogenated alkanes) is 18. The van der Waals surface area contributed by atoms with Crippen LogP contribution in [0.5, 0.6) is 0 Å². The predicted molar refractivity (Wildman–Crippen MR) is 205 cm³/mol. The van der Waals surface area contributed by atoms with Gasteiger partial charge in [0.1, 0.15) is 11.4 Å². The quantitative estimate of drug-likeness (QED) is 0.0889. The molecule has 0 N–H and O–H groups in total. The van der Waals surface area contributed by atoms with Crippen LogP contribution in [-0.4, -0.2) is 24.1 Å². The van der Waals surface area contributed by atoms with Crippen molar-refractivity contribution in [3.63, 3.8) is 0 Å². The van der Waals surface area contributed by atoms with Crippen LogP contribution in [0.25, 0.3) is 45.1 Å². The third kappa shape index (κ3) is 14.3. The van der Waals surface area contributed by atoms with Crippen LogP contribution in [0.15, 0.2) is 66.7 Å². The summed E-state index contributed by atoms with van der Waals surface area (Å²) in [4.78, 5) is 15.5. The first kappa shape index (κ1) is 48.0. The van der Waals surface area contributed by atoms with Crippen molar-refractivity contribution in [2.45, 2.75) is 155 Å². The number of hydrogen-bond acceptors (Lipinski definition) is 3. The molecular formula is C43H61Cl3N5V-3. The van der Waals surface area contributed by atoms with E-state index in [1.165, 1.54) is 127 Å². The fourth-order valence-corrected chi connectivity index (χ4v) is 7.19. The molecule has 9 heteroatoms. The van der Waals surface area contributed by atoms with Crippen molar-refractivity contribution < 1.29 is 55.8 Å². The molecule has 5 rings (SSSR count). The maximum Gasteiger partial charge on any atom is 0.159 e. The molecule has 52 heavy (non-hydrogen) atoms. The van der Waals surface area contributed by atoms with Gasteiger partial charge in [-0.2, -0.15) is 0 Å². The zero-order valence-corrected chi connectivity index (χ0v) is 35.4. The van der Waals surface area contributed by atoms with E-state index in [9.17, 15) is 0 Å². The standard InChI is InChI=1S/C43H61N5.3ClH.V/c1-3-5-7-9-11-13-15-17-19-25-34-47-40-32-23-21-28-36(40)45-42(47)38-30-27-31-39(44-38)43-46-37-29-22-24-33-41(37)48(43)35-26-20-18-16-14-12-10-8-6-4-2;;;;/h21-24,27-33H,3-20,25-26,34-35H2,1-2H3;3*1H;/p-3. The number of pyridine rings is 1. The maximum absolute atomic E-state index is 5.26. The van der Waals surface area contributed by atoms with Gasteiger partial charge in [-0.3, -0.25) is 0 Å². The molecule has 0 aliphatic rings. The molecule has 0 aliphatic carbocycles. The van der Waals surface area contributed by atoms with Crippen LogP contribution < -0.4 is 37.2 Å². The minimum atomic E-state index is 0. The Kier molecular flexibility index (Phi) is 25.4. The third-order valence-electron chi connectivity index (χ3n) is 9.99. The SMILES string of the molecule is CCCCCCCCCCCCn1c(-c2cccc(-c3nc4ccccc4n3CCCCCCCCCCCC)n2)nc2ccccc21.[Cl-].[Cl-].[Cl-].[V]. The Labute approximate surface area is 345 Å². The van der Waals surface area contributed by atoms with Gasteiger partial charge in [0, 0.05) is 31.6 Å². The van der Waals surface area contributed by atoms with E-state index < -0.39 is 0 Å². The molecule has 5 aromatic rings. The molecule has 3 aromatic heterocycles. The maximum atomic E-state index is 5.26. The van der Waals surface area contributed by atoms with E-state index in [-0.39, 0.29) is 55.8 Å². The second-order valence-corrected chi connectivity index (χ2v) is 13.9. The van der Waals surface area contributed by atoms with Gasteiger partial charge in [0.15, 0.2) is 11.6 Å². The number of imidazole rings is 2. The molecule has 0 spiro atoms. The van der Waals surface area contributed by atoms with E-state index in [1.807, 2.05) is 0 Å². The zero-order chi connectivity index (χ0) is 33.2. The Morgan fingerprint density at radius 1 is 0.385 bits per heavy atom. The molecule has 0 atom stereocenters. The van der Waals surface area contributed by atoms with Crippen molar-refractivity contribution >= 4 is 22.1 Å². The van der Waals surface area contributed by atoms with Crippen molar-refractivity contribution in [3.05, 3.63) is 66.7 Å². The Bertz CT molecular complexity index is 1540. The molecule has 0 amide bonds. The molecule has 5 nitrogen and oxygen atoms in total. The van der Waals surface area contributed by atoms with E-state index in [1.54, 1.807) is 0 Å². The molecule has 2 aromatic carbocycles. The number of fused-ring (bicyclic) bond motifs is 2. The smallest absolute Gasteiger partial charge is 0.159 e. The van der Waals surface area contributed by atoms with Crippen molar-refractivity contribution in [2.24, 2.45) is 0 Å². The van der Waals surface area contributed by atoms with E-state index >= 15 is 0 Å². The van der Waals surface area contributed by atoms with E-state index in [4.69, 9.17) is 15.0 Å². The molecule has 287 valence electrons. The summed E-state index contributed by atoms with van der Waals surface area (Å²) >= 11 is 0. The Balaban J connectivity index is 0.00000338. The minimum absolute atomic E-state index is 0. The molecular weight excluding hydrogens is 744 g/mol. The van der Waals surface area contributed by atoms with Crippen LogP contribution in [0, 0.1) is 0 Å². The molecule has 3 heterocycles. The number of nitrogens with zero attached hydrogens (tertiary/aromatic N) is 5. The predicted octanol–water partition coefficient (Wildman–Crippen LogP) is 3.97. The summed E-state index contributed by atoms with van der Waals surface area (Å²) in [5, 5.41) is 0. The Hall–Kier alpha value is -2.02. The average molecular weight is 805 g/mol. The normalized spacial score (nSPS) is 10.8. The van der Waals surface area contributed by atoms with Crippen LogP contribution in [0.1, 0.15) is 142 Å². The first-order valence-corrected chi connectivity index (χ1v) is 19.7. The van der Waals surface area contributed by atoms with E-state index in [2.05, 4.69) is 89.7 Å². The molecule has 0 bridgehead atoms. The fourth-order valence-electron chi connectivity index (χ4n) is 7.19. The van der Waals surface area contributed by atoms with Crippen LogP contribution in [0.4, 0.5) is 0 Å². The van der Waals surface area contributed by atoms with E-state index in [0.717, 1.165) is 60.0 Å². The van der Waals surface area contributed by atoms with Gasteiger partial charge in [0.05, 0.1) is 22.1 Å². The van der Waals surface area contributed by atoms with Crippen LogP contribution in [0.2, 0.25) is 0 Å². The first-order chi connectivity index (χ1) is 23.8. The van der Waals surface area contributed by atoms with Crippen molar-refractivity contribution in [1.82, 2.24) is 24.1 Å². The number of aromatic nitrogens is 5. The van der Waals surface area contributed by atoms with Crippen LogP contribution in [0.3, 0.4) is 0 Å². The zero-order valence-electron chi connectivity index (χ0n) is 31.7. The topological polar surface area (TPSA) is 48.5 Å². The summed E-state index contributed by atoms with van der Waals surface area (Å²) in [5.41, 5.74) is 6.33. The van der Waals surface area contributed by atoms with Crippen molar-refractivity contribution in [3.8, 4) is 23.0 Å². The molecule has 0 aliphatic heterocycles. The second kappa shape index (κ2) is 27.5. The van der Waals surface area contributed by atoms with Gasteiger partial charge in [0.25, 0.3) is 0 Å². The van der Waals surface area contributed by atoms with Crippen molar-refractivity contribution in [2.75, 3.05) is 0 Å². The first-order valence-electron chi connectivity index (χ1n) is 19.7. The fraction of sp³-hybridized carbons (Fsp3) is 0.558. The van der Waals surface area contributed by atoms with Gasteiger partial charge in [-0.05, 0) is 49.2 Å². The summed E-state index contributed by atoms with van der Waals surface area (Å²) < 4.78 is 4.80. The number of benzene rings is 2. The minimum Gasteiger partial charge on any atom is -1.00 e. The van der Waals surface area contributed by atoms with Crippen LogP contribution in [-0.2, 0) is 31.6 Å². The van der Waals surface area contributed by atoms with Gasteiger partial charge in [0.2, 0.25) is 0 Å². The largest absolute Gasteiger partial charge is 1.00 e. The van der Waals surface area contributed by atoms with Gasteiger partial charge < -0.3 is 46.4 Å². The molecule has 0 unspecified atom stereocenters. The number of aryl methyl sites for hydroxylation is 2. The molecule has 0 saturated heterocycles. The summed E-state index contributed by atoms with van der Waals surface area (Å²) in [5.74, 6) is 1.93. The molecule has 0 saturated carbocycles. The summed E-state index contributed by atoms with van der Waals surface area (Å²) in [6.07, 6.45) is 26.8. The summed E-state index contributed by atoms with van der Waals surface area (Å²) in [7, 11) is 0. The number of hydrogen-bond donors (Lipinski definition) is 0. The van der Waals surface area contributed by atoms with E-state index in [0.29, 0.717) is 0 Å². The van der Waals surface area contributed by atoms with Gasteiger partial charge >= 0.3 is 0 Å². The number of rotatable bonds is 24. The summed E-state index contributed by atoms with van der Waals surface area (Å²) in [6.45, 7) is 6.52. The molecule has 0 fully saturated rings. The Morgan fingerprint density at radius 2 is 0.712 bits per heavy atom. The second-order valence-electron chi connectivity index (χ2n) is 13.9. The Morgan fingerprint density at radius 3 is 1.08 bits per heavy atom. The average Bonchev–Trinajstić information content (AvgIpc) is 3.68. The van der Waals surface area contributed by atoms with Gasteiger partial charge in [-0.25, -0.2) is 15.0 Å². The summed E-state index contributed by atoms with van der Waals surface area (Å²) in [6, 6.07) is 23.5. The molecule has 1 radical (unpaired) electrons. The monoisotopic (exact) mass is 803 g/mol. The van der Waals surface area contributed by atoms with Crippen LogP contribution >= 0.6 is 0 Å². The van der Waals surface area contributed by atoms with Gasteiger partial charge in [-0.15, -0.1) is 0 Å². The van der Waals surface area contributed by atoms with Crippen molar-refractivity contribution in [1.29, 1.82) is 0 Å². The van der Waals surface area contributed by atoms with Gasteiger partial charge in [-0.1, -0.05) is 160 Å². The number of para-hydroxylation sites is 4.